The number of hydrogen-bond acceptors (Lipinski definition) is 3. The second-order valence-electron chi connectivity index (χ2n) is 3.05. The summed E-state index contributed by atoms with van der Waals surface area (Å²) in [7, 11) is 0.947. The third-order valence-corrected chi connectivity index (χ3v) is 2.53. The predicted molar refractivity (Wildman–Crippen MR) is 53.2 cm³/mol. The summed E-state index contributed by atoms with van der Waals surface area (Å²) < 4.78 is 66.3. The minimum atomic E-state index is -5.04. The molecule has 3 nitrogen and oxygen atoms in total. The number of ether oxygens (including phenoxy) is 1. The Morgan fingerprint density at radius 1 is 1.44 bits per heavy atom. The zero-order valence-corrected chi connectivity index (χ0v) is 10.3. The Hall–Kier alpha value is -1.25. The Morgan fingerprint density at radius 3 is 2.39 bits per heavy atom. The number of nitrogens with zero attached hydrogens (tertiary/aromatic N) is 1. The zero-order chi connectivity index (χ0) is 14.1. The van der Waals surface area contributed by atoms with Crippen LogP contribution in [-0.4, -0.2) is 18.1 Å². The van der Waals surface area contributed by atoms with Gasteiger partial charge in [0.2, 0.25) is 0 Å². The van der Waals surface area contributed by atoms with Crippen molar-refractivity contribution in [3.63, 3.8) is 0 Å². The molecule has 0 atom stereocenters. The molecule has 0 aliphatic carbocycles. The predicted octanol–water partition coefficient (Wildman–Crippen LogP) is 3.59. The summed E-state index contributed by atoms with van der Waals surface area (Å²) in [6.07, 6.45) is -8.45. The van der Waals surface area contributed by atoms with Gasteiger partial charge in [-0.25, -0.2) is 18.6 Å². The van der Waals surface area contributed by atoms with Gasteiger partial charge < -0.3 is 4.74 Å². The highest BCUT2D eigenvalue weighted by molar-refractivity contribution is 9.10. The molecule has 0 N–H and O–H groups in total. The molecule has 1 aromatic heterocycles. The molecule has 0 saturated heterocycles. The topological polar surface area (TPSA) is 39.2 Å². The summed E-state index contributed by atoms with van der Waals surface area (Å²) >= 11 is 2.65. The lowest BCUT2D eigenvalue weighted by atomic mass is 10.1. The van der Waals surface area contributed by atoms with E-state index in [9.17, 15) is 26.7 Å². The molecule has 1 heterocycles. The standard InChI is InChI=1S/C9H5BrF5NO2/c1-18-8(17)3-2-4(9(13,14)15)5(7(11)12)16-6(3)10/h2,7H,1H3. The van der Waals surface area contributed by atoms with Crippen LogP contribution < -0.4 is 0 Å². The fourth-order valence-corrected chi connectivity index (χ4v) is 1.62. The van der Waals surface area contributed by atoms with Crippen molar-refractivity contribution in [2.24, 2.45) is 0 Å². The normalized spacial score (nSPS) is 11.8. The maximum atomic E-state index is 12.5. The fourth-order valence-electron chi connectivity index (χ4n) is 1.15. The maximum absolute atomic E-state index is 12.5. The Labute approximate surface area is 106 Å². The van der Waals surface area contributed by atoms with Crippen LogP contribution in [-0.2, 0) is 10.9 Å². The van der Waals surface area contributed by atoms with E-state index < -0.39 is 40.0 Å². The smallest absolute Gasteiger partial charge is 0.418 e. The molecule has 100 valence electrons. The van der Waals surface area contributed by atoms with E-state index in [4.69, 9.17) is 0 Å². The Balaban J connectivity index is 3.51. The van der Waals surface area contributed by atoms with Crippen molar-refractivity contribution < 1.29 is 31.5 Å². The molecule has 0 aliphatic rings. The first-order chi connectivity index (χ1) is 8.18. The molecule has 0 saturated carbocycles. The lowest BCUT2D eigenvalue weighted by Crippen LogP contribution is -2.15. The summed E-state index contributed by atoms with van der Waals surface area (Å²) in [6.45, 7) is 0. The largest absolute Gasteiger partial charge is 0.465 e. The van der Waals surface area contributed by atoms with Crippen LogP contribution in [0.5, 0.6) is 0 Å². The fraction of sp³-hybridized carbons (Fsp3) is 0.333. The lowest BCUT2D eigenvalue weighted by molar-refractivity contribution is -0.140. The van der Waals surface area contributed by atoms with Gasteiger partial charge in [0.15, 0.2) is 0 Å². The lowest BCUT2D eigenvalue weighted by Gasteiger charge is -2.13. The molecule has 0 unspecified atom stereocenters. The molecule has 9 heteroatoms. The van der Waals surface area contributed by atoms with E-state index in [1.54, 1.807) is 0 Å². The highest BCUT2D eigenvalue weighted by Crippen LogP contribution is 2.37. The van der Waals surface area contributed by atoms with Crippen molar-refractivity contribution in [2.75, 3.05) is 7.11 Å². The summed E-state index contributed by atoms with van der Waals surface area (Å²) in [4.78, 5) is 14.2. The van der Waals surface area contributed by atoms with Crippen LogP contribution in [0.4, 0.5) is 22.0 Å². The molecule has 0 fully saturated rings. The van der Waals surface area contributed by atoms with E-state index in [0.29, 0.717) is 0 Å². The SMILES string of the molecule is COC(=O)c1cc(C(F)(F)F)c(C(F)F)nc1Br. The van der Waals surface area contributed by atoms with Gasteiger partial charge in [-0.3, -0.25) is 0 Å². The van der Waals surface area contributed by atoms with E-state index in [-0.39, 0.29) is 6.07 Å². The highest BCUT2D eigenvalue weighted by Gasteiger charge is 2.38. The Bertz CT molecular complexity index is 475. The third-order valence-electron chi connectivity index (χ3n) is 1.92. The number of methoxy groups -OCH3 is 1. The van der Waals surface area contributed by atoms with Crippen LogP contribution in [0.3, 0.4) is 0 Å². The van der Waals surface area contributed by atoms with Gasteiger partial charge in [-0.2, -0.15) is 13.2 Å². The molecule has 0 aliphatic heterocycles. The van der Waals surface area contributed by atoms with Crippen LogP contribution in [0.15, 0.2) is 10.7 Å². The van der Waals surface area contributed by atoms with Gasteiger partial charge in [-0.05, 0) is 22.0 Å². The number of aromatic nitrogens is 1. The Morgan fingerprint density at radius 2 is 2.00 bits per heavy atom. The number of alkyl halides is 5. The van der Waals surface area contributed by atoms with Gasteiger partial charge in [-0.15, -0.1) is 0 Å². The van der Waals surface area contributed by atoms with Crippen LogP contribution in [0, 0.1) is 0 Å². The molecule has 18 heavy (non-hydrogen) atoms. The molecular weight excluding hydrogens is 329 g/mol. The van der Waals surface area contributed by atoms with Crippen molar-refractivity contribution in [3.05, 3.63) is 27.5 Å². The van der Waals surface area contributed by atoms with Crippen molar-refractivity contribution >= 4 is 21.9 Å². The number of carbonyl (C=O) groups excluding carboxylic acids is 1. The van der Waals surface area contributed by atoms with Gasteiger partial charge in [-0.1, -0.05) is 0 Å². The molecule has 0 spiro atoms. The van der Waals surface area contributed by atoms with Crippen LogP contribution in [0.2, 0.25) is 0 Å². The van der Waals surface area contributed by atoms with Crippen LogP contribution >= 0.6 is 15.9 Å². The van der Waals surface area contributed by atoms with Crippen LogP contribution in [0.25, 0.3) is 0 Å². The summed E-state index contributed by atoms with van der Waals surface area (Å²) in [6, 6.07) is 0.282. The van der Waals surface area contributed by atoms with Crippen molar-refractivity contribution in [1.82, 2.24) is 4.98 Å². The van der Waals surface area contributed by atoms with Gasteiger partial charge in [0.1, 0.15) is 10.3 Å². The van der Waals surface area contributed by atoms with Crippen molar-refractivity contribution in [1.29, 1.82) is 0 Å². The maximum Gasteiger partial charge on any atom is 0.418 e. The van der Waals surface area contributed by atoms with Gasteiger partial charge >= 0.3 is 12.1 Å². The molecule has 0 bridgehead atoms. The average Bonchev–Trinajstić information content (AvgIpc) is 2.25. The summed E-state index contributed by atoms with van der Waals surface area (Å²) in [5, 5.41) is 0. The van der Waals surface area contributed by atoms with Crippen molar-refractivity contribution in [3.8, 4) is 0 Å². The second kappa shape index (κ2) is 5.17. The van der Waals surface area contributed by atoms with E-state index in [0.717, 1.165) is 7.11 Å². The highest BCUT2D eigenvalue weighted by atomic mass is 79.9. The van der Waals surface area contributed by atoms with Gasteiger partial charge in [0.25, 0.3) is 6.43 Å². The van der Waals surface area contributed by atoms with E-state index in [2.05, 4.69) is 25.7 Å². The molecule has 1 aromatic rings. The summed E-state index contributed by atoms with van der Waals surface area (Å²) in [5.41, 5.74) is -3.68. The monoisotopic (exact) mass is 333 g/mol. The first-order valence-electron chi connectivity index (χ1n) is 4.32. The van der Waals surface area contributed by atoms with Gasteiger partial charge in [0.05, 0.1) is 18.2 Å². The quantitative estimate of drug-likeness (QED) is 0.471. The zero-order valence-electron chi connectivity index (χ0n) is 8.69. The molecule has 0 radical (unpaired) electrons. The Kier molecular flexibility index (Phi) is 4.25. The first kappa shape index (κ1) is 14.8. The number of esters is 1. The number of hydrogen-bond donors (Lipinski definition) is 0. The number of carbonyl (C=O) groups is 1. The van der Waals surface area contributed by atoms with E-state index in [1.807, 2.05) is 0 Å². The number of halogens is 6. The van der Waals surface area contributed by atoms with E-state index >= 15 is 0 Å². The van der Waals surface area contributed by atoms with Gasteiger partial charge in [0, 0.05) is 0 Å². The number of pyridine rings is 1. The summed E-state index contributed by atoms with van der Waals surface area (Å²) in [5.74, 6) is -1.11. The minimum Gasteiger partial charge on any atom is -0.465 e. The molecule has 1 rings (SSSR count). The van der Waals surface area contributed by atoms with E-state index in [1.165, 1.54) is 0 Å². The molecule has 0 amide bonds. The molecule has 0 aromatic carbocycles. The molecular formula is C9H5BrF5NO2. The first-order valence-corrected chi connectivity index (χ1v) is 5.12. The van der Waals surface area contributed by atoms with Crippen LogP contribution in [0.1, 0.15) is 28.0 Å². The second-order valence-corrected chi connectivity index (χ2v) is 3.80. The minimum absolute atomic E-state index is 0.282. The average molecular weight is 334 g/mol. The third kappa shape index (κ3) is 2.95. The number of rotatable bonds is 2. The van der Waals surface area contributed by atoms with Crippen molar-refractivity contribution in [2.45, 2.75) is 12.6 Å².